The van der Waals surface area contributed by atoms with E-state index in [-0.39, 0.29) is 33.8 Å². The molecule has 0 radical (unpaired) electrons. The molecule has 0 saturated carbocycles. The van der Waals surface area contributed by atoms with Gasteiger partial charge in [0.1, 0.15) is 22.3 Å². The molecule has 4 heterocycles. The summed E-state index contributed by atoms with van der Waals surface area (Å²) in [5.41, 5.74) is 32.7. The van der Waals surface area contributed by atoms with Crippen LogP contribution in [0.5, 0.6) is 0 Å². The summed E-state index contributed by atoms with van der Waals surface area (Å²) >= 11 is 0. The van der Waals surface area contributed by atoms with Crippen molar-refractivity contribution in [3.05, 3.63) is 295 Å². The Hall–Kier alpha value is -10.9. The Bertz CT molecular complexity index is 5410. The van der Waals surface area contributed by atoms with Crippen LogP contribution in [0.2, 0.25) is 0 Å². The zero-order valence-corrected chi connectivity index (χ0v) is 62.2. The molecule has 0 amide bonds. The van der Waals surface area contributed by atoms with Crippen LogP contribution in [0.1, 0.15) is 132 Å². The molecule has 2 aliphatic heterocycles. The van der Waals surface area contributed by atoms with Gasteiger partial charge in [0.05, 0.1) is 11.4 Å². The lowest BCUT2D eigenvalue weighted by Gasteiger charge is -2.47. The Morgan fingerprint density at radius 3 is 0.854 bits per heavy atom. The van der Waals surface area contributed by atoms with Crippen molar-refractivity contribution in [2.24, 2.45) is 0 Å². The summed E-state index contributed by atoms with van der Waals surface area (Å²) in [7, 11) is 0. The Morgan fingerprint density at radius 2 is 0.544 bits per heavy atom. The zero-order valence-electron chi connectivity index (χ0n) is 62.2. The number of nitrogens with zero attached hydrogens (tertiary/aromatic N) is 2. The van der Waals surface area contributed by atoms with Crippen molar-refractivity contribution in [1.29, 1.82) is 0 Å². The van der Waals surface area contributed by atoms with E-state index in [0.29, 0.717) is 0 Å². The highest BCUT2D eigenvalue weighted by atomic mass is 16.3. The summed E-state index contributed by atoms with van der Waals surface area (Å²) in [6.45, 7) is 34.6. The summed E-state index contributed by atoms with van der Waals surface area (Å²) in [6.07, 6.45) is 0. The van der Waals surface area contributed by atoms with Crippen molar-refractivity contribution >= 4 is 101 Å². The second-order valence-corrected chi connectivity index (χ2v) is 34.1. The smallest absolute Gasteiger partial charge is 0.252 e. The predicted molar refractivity (Wildman–Crippen MR) is 441 cm³/mol. The summed E-state index contributed by atoms with van der Waals surface area (Å²) in [4.78, 5) is 5.40. The van der Waals surface area contributed by atoms with E-state index in [1.165, 1.54) is 44.2 Å². The van der Waals surface area contributed by atoms with Crippen molar-refractivity contribution in [3.63, 3.8) is 0 Å². The number of hydrogen-bond acceptors (Lipinski definition) is 4. The van der Waals surface area contributed by atoms with Gasteiger partial charge in [-0.3, -0.25) is 0 Å². The van der Waals surface area contributed by atoms with Gasteiger partial charge in [-0.15, -0.1) is 0 Å². The lowest BCUT2D eigenvalue weighted by atomic mass is 9.33. The predicted octanol–water partition coefficient (Wildman–Crippen LogP) is 26.1. The number of para-hydroxylation sites is 4. The minimum absolute atomic E-state index is 0.145. The van der Waals surface area contributed by atoms with Gasteiger partial charge in [-0.25, -0.2) is 0 Å². The van der Waals surface area contributed by atoms with Crippen molar-refractivity contribution in [2.45, 2.75) is 131 Å². The van der Waals surface area contributed by atoms with Crippen LogP contribution in [-0.2, 0) is 27.1 Å². The average molecular weight is 1340 g/mol. The van der Waals surface area contributed by atoms with Gasteiger partial charge in [-0.05, 0) is 142 Å². The maximum atomic E-state index is 7.35. The van der Waals surface area contributed by atoms with E-state index < -0.39 is 0 Å². The fourth-order valence-electron chi connectivity index (χ4n) is 16.5. The molecule has 0 N–H and O–H groups in total. The van der Waals surface area contributed by atoms with Gasteiger partial charge in [0.25, 0.3) is 6.71 Å². The van der Waals surface area contributed by atoms with Gasteiger partial charge in [-0.2, -0.15) is 0 Å². The number of fused-ring (bicyclic) bond motifs is 10. The molecule has 5 heteroatoms. The second kappa shape index (κ2) is 23.9. The molecule has 0 spiro atoms. The standard InChI is InChI=1S/C98H89BN2O2/c1-94(2,3)66-54-75(60-32-20-16-21-33-60)88(76(55-66)61-34-22-17-23-35-61)100-83-50-48-64(69-40-28-42-71-73-44-30-46-79(97(10,11)12)92(73)102-90(69)71)52-81(83)99-82-53-65(70-41-29-43-72-74-45-31-47-80(98(13,14)15)93(74)103-91(70)72)49-51-84(82)101(86-59-68(96(7,8)9)58-85(100)87(86)99)89-77(62-36-24-18-25-37-62)56-67(95(4,5)6)57-78(89)63-38-26-19-27-39-63/h16-59H,1-15H3. The molecule has 506 valence electrons. The molecule has 2 aromatic heterocycles. The summed E-state index contributed by atoms with van der Waals surface area (Å²) < 4.78 is 14.7. The van der Waals surface area contributed by atoms with E-state index in [2.05, 4.69) is 381 Å². The van der Waals surface area contributed by atoms with E-state index in [1.807, 2.05) is 0 Å². The molecular weight excluding hydrogens is 1250 g/mol. The first kappa shape index (κ1) is 65.4. The molecule has 17 rings (SSSR count). The molecule has 13 aromatic carbocycles. The van der Waals surface area contributed by atoms with Crippen LogP contribution < -0.4 is 26.2 Å². The highest BCUT2D eigenvalue weighted by molar-refractivity contribution is 7.00. The van der Waals surface area contributed by atoms with Crippen LogP contribution >= 0.6 is 0 Å². The summed E-state index contributed by atoms with van der Waals surface area (Å²) in [6, 6.07) is 101. The first-order valence-electron chi connectivity index (χ1n) is 36.8. The molecule has 0 unspecified atom stereocenters. The van der Waals surface area contributed by atoms with Crippen molar-refractivity contribution in [2.75, 3.05) is 9.80 Å². The summed E-state index contributed by atoms with van der Waals surface area (Å²) in [5, 5.41) is 4.48. The molecule has 15 aromatic rings. The minimum Gasteiger partial charge on any atom is -0.455 e. The van der Waals surface area contributed by atoms with E-state index >= 15 is 0 Å². The van der Waals surface area contributed by atoms with Crippen molar-refractivity contribution in [3.8, 4) is 66.8 Å². The number of furan rings is 2. The van der Waals surface area contributed by atoms with Crippen LogP contribution in [0.3, 0.4) is 0 Å². The number of hydrogen-bond donors (Lipinski definition) is 0. The van der Waals surface area contributed by atoms with E-state index in [4.69, 9.17) is 8.83 Å². The SMILES string of the molecule is CC(C)(C)c1cc(-c2ccccc2)c(N2c3ccc(-c4cccc5c4oc4c(C(C)(C)C)cccc45)cc3B3c4cc(-c5cccc6c5oc5c(C(C)(C)C)cccc56)ccc4N(c4c(-c5ccccc5)cc(C(C)(C)C)cc4-c4ccccc4)c4cc(C(C)(C)C)cc2c43)c(-c2ccccc2)c1. The Kier molecular flexibility index (Phi) is 15.2. The summed E-state index contributed by atoms with van der Waals surface area (Å²) in [5.74, 6) is 0. The Morgan fingerprint density at radius 1 is 0.243 bits per heavy atom. The highest BCUT2D eigenvalue weighted by Crippen LogP contribution is 2.56. The molecule has 2 aliphatic rings. The van der Waals surface area contributed by atoms with Crippen LogP contribution in [0.25, 0.3) is 111 Å². The van der Waals surface area contributed by atoms with E-state index in [1.54, 1.807) is 0 Å². The fraction of sp³-hybridized carbons (Fsp3) is 0.204. The van der Waals surface area contributed by atoms with Crippen LogP contribution in [0.4, 0.5) is 34.1 Å². The average Bonchev–Trinajstić information content (AvgIpc) is 1.38. The van der Waals surface area contributed by atoms with Crippen molar-refractivity contribution in [1.82, 2.24) is 0 Å². The normalized spacial score (nSPS) is 13.3. The lowest BCUT2D eigenvalue weighted by Crippen LogP contribution is -2.61. The fourth-order valence-corrected chi connectivity index (χ4v) is 16.5. The monoisotopic (exact) mass is 1340 g/mol. The molecule has 0 bridgehead atoms. The van der Waals surface area contributed by atoms with Gasteiger partial charge in [-0.1, -0.05) is 322 Å². The minimum atomic E-state index is -0.315. The third-order valence-corrected chi connectivity index (χ3v) is 22.0. The van der Waals surface area contributed by atoms with Crippen LogP contribution in [0, 0.1) is 0 Å². The van der Waals surface area contributed by atoms with Crippen LogP contribution in [-0.4, -0.2) is 6.71 Å². The molecule has 0 atom stereocenters. The van der Waals surface area contributed by atoms with Crippen molar-refractivity contribution < 1.29 is 8.83 Å². The quantitative estimate of drug-likeness (QED) is 0.142. The maximum Gasteiger partial charge on any atom is 0.252 e. The molecule has 4 nitrogen and oxygen atoms in total. The van der Waals surface area contributed by atoms with Gasteiger partial charge in [0.2, 0.25) is 0 Å². The third kappa shape index (κ3) is 10.9. The van der Waals surface area contributed by atoms with Gasteiger partial charge < -0.3 is 18.6 Å². The number of benzene rings is 13. The molecule has 0 saturated heterocycles. The molecule has 103 heavy (non-hydrogen) atoms. The largest absolute Gasteiger partial charge is 0.455 e. The van der Waals surface area contributed by atoms with Gasteiger partial charge >= 0.3 is 0 Å². The van der Waals surface area contributed by atoms with Gasteiger partial charge in [0.15, 0.2) is 0 Å². The van der Waals surface area contributed by atoms with Crippen LogP contribution in [0.15, 0.2) is 276 Å². The third-order valence-electron chi connectivity index (χ3n) is 22.0. The zero-order chi connectivity index (χ0) is 71.4. The van der Waals surface area contributed by atoms with Gasteiger partial charge in [0, 0.05) is 88.8 Å². The van der Waals surface area contributed by atoms with E-state index in [9.17, 15) is 0 Å². The Balaban J connectivity index is 1.06. The molecule has 0 aliphatic carbocycles. The molecule has 0 fully saturated rings. The first-order valence-corrected chi connectivity index (χ1v) is 36.8. The highest BCUT2D eigenvalue weighted by Gasteiger charge is 2.47. The number of rotatable bonds is 8. The Labute approximate surface area is 608 Å². The lowest BCUT2D eigenvalue weighted by molar-refractivity contribution is 0.572. The topological polar surface area (TPSA) is 32.8 Å². The number of anilines is 6. The second-order valence-electron chi connectivity index (χ2n) is 34.1. The maximum absolute atomic E-state index is 7.35. The van der Waals surface area contributed by atoms with E-state index in [0.717, 1.165) is 145 Å². The molecular formula is C98H89BN2O2. The first-order chi connectivity index (χ1) is 49.3.